The van der Waals surface area contributed by atoms with Crippen LogP contribution in [0.2, 0.25) is 0 Å². The molecule has 0 aliphatic carbocycles. The van der Waals surface area contributed by atoms with Crippen molar-refractivity contribution in [3.8, 4) is 0 Å². The lowest BCUT2D eigenvalue weighted by atomic mass is 10.2. The largest absolute Gasteiger partial charge is 0.334 e. The molecule has 0 aliphatic rings. The molecule has 0 fully saturated rings. The summed E-state index contributed by atoms with van der Waals surface area (Å²) in [6, 6.07) is 4.11. The number of hydrogen-bond donors (Lipinski definition) is 1. The molecule has 2 heterocycles. The lowest BCUT2D eigenvalue weighted by Gasteiger charge is -2.23. The number of amides is 1. The van der Waals surface area contributed by atoms with E-state index in [4.69, 9.17) is 0 Å². The van der Waals surface area contributed by atoms with Gasteiger partial charge in [-0.15, -0.1) is 11.3 Å². The Morgan fingerprint density at radius 2 is 2.44 bits per heavy atom. The zero-order valence-electron chi connectivity index (χ0n) is 9.18. The lowest BCUT2D eigenvalue weighted by Crippen LogP contribution is -2.28. The highest BCUT2D eigenvalue weighted by atomic mass is 32.1. The van der Waals surface area contributed by atoms with E-state index in [0.717, 1.165) is 0 Å². The first-order valence-electron chi connectivity index (χ1n) is 4.99. The molecule has 0 bridgehead atoms. The highest BCUT2D eigenvalue weighted by Gasteiger charge is 2.19. The van der Waals surface area contributed by atoms with Crippen LogP contribution < -0.4 is 0 Å². The van der Waals surface area contributed by atoms with E-state index in [9.17, 15) is 4.79 Å². The molecule has 0 radical (unpaired) electrons. The molecule has 2 rings (SSSR count). The Kier molecular flexibility index (Phi) is 3.05. The second-order valence-electron chi connectivity index (χ2n) is 3.59. The number of aromatic nitrogens is 2. The number of carbonyl (C=O) groups excluding carboxylic acids is 1. The Bertz CT molecular complexity index is 450. The second-order valence-corrected chi connectivity index (χ2v) is 4.57. The number of carbonyl (C=O) groups is 1. The molecule has 4 nitrogen and oxygen atoms in total. The molecule has 1 N–H and O–H groups in total. The summed E-state index contributed by atoms with van der Waals surface area (Å²) in [5.74, 6) is -0.0188. The van der Waals surface area contributed by atoms with Crippen LogP contribution in [0.15, 0.2) is 29.9 Å². The van der Waals surface area contributed by atoms with Crippen LogP contribution in [0, 0.1) is 0 Å². The first-order valence-corrected chi connectivity index (χ1v) is 5.87. The summed E-state index contributed by atoms with van der Waals surface area (Å²) in [6.07, 6.45) is 3.15. The lowest BCUT2D eigenvalue weighted by molar-refractivity contribution is 0.0745. The molecule has 1 unspecified atom stereocenters. The fourth-order valence-electron chi connectivity index (χ4n) is 1.47. The summed E-state index contributed by atoms with van der Waals surface area (Å²) in [6.45, 7) is 2.02. The average Bonchev–Trinajstić information content (AvgIpc) is 2.97. The van der Waals surface area contributed by atoms with E-state index >= 15 is 0 Å². The van der Waals surface area contributed by atoms with Crippen LogP contribution in [-0.4, -0.2) is 28.1 Å². The first kappa shape index (κ1) is 10.9. The zero-order chi connectivity index (χ0) is 11.5. The monoisotopic (exact) mass is 235 g/mol. The first-order chi connectivity index (χ1) is 7.70. The van der Waals surface area contributed by atoms with Crippen molar-refractivity contribution in [1.82, 2.24) is 15.1 Å². The minimum absolute atomic E-state index is 0.0188. The van der Waals surface area contributed by atoms with Crippen molar-refractivity contribution >= 4 is 17.2 Å². The van der Waals surface area contributed by atoms with E-state index in [2.05, 4.69) is 10.2 Å². The molecular weight excluding hydrogens is 222 g/mol. The zero-order valence-corrected chi connectivity index (χ0v) is 9.99. The van der Waals surface area contributed by atoms with Crippen LogP contribution in [0.5, 0.6) is 0 Å². The van der Waals surface area contributed by atoms with Gasteiger partial charge in [0.05, 0.1) is 17.8 Å². The third-order valence-corrected chi connectivity index (χ3v) is 3.64. The van der Waals surface area contributed by atoms with Crippen molar-refractivity contribution in [2.45, 2.75) is 13.0 Å². The number of hydrogen-bond acceptors (Lipinski definition) is 3. The molecule has 0 aliphatic heterocycles. The third-order valence-electron chi connectivity index (χ3n) is 2.60. The van der Waals surface area contributed by atoms with Crippen LogP contribution in [0.4, 0.5) is 0 Å². The molecule has 1 atom stereocenters. The van der Waals surface area contributed by atoms with Gasteiger partial charge in [0, 0.05) is 18.1 Å². The molecule has 0 saturated carbocycles. The molecule has 0 spiro atoms. The summed E-state index contributed by atoms with van der Waals surface area (Å²) < 4.78 is 0. The summed E-state index contributed by atoms with van der Waals surface area (Å²) >= 11 is 1.66. The van der Waals surface area contributed by atoms with E-state index in [1.807, 2.05) is 24.4 Å². The van der Waals surface area contributed by atoms with Gasteiger partial charge in [0.1, 0.15) is 0 Å². The summed E-state index contributed by atoms with van der Waals surface area (Å²) in [7, 11) is 1.81. The molecule has 0 aromatic carbocycles. The normalized spacial score (nSPS) is 12.4. The Labute approximate surface area is 97.9 Å². The smallest absolute Gasteiger partial charge is 0.257 e. The fraction of sp³-hybridized carbons (Fsp3) is 0.273. The van der Waals surface area contributed by atoms with Crippen LogP contribution >= 0.6 is 11.3 Å². The van der Waals surface area contributed by atoms with Gasteiger partial charge >= 0.3 is 0 Å². The fourth-order valence-corrected chi connectivity index (χ4v) is 2.29. The number of rotatable bonds is 3. The third kappa shape index (κ3) is 1.99. The van der Waals surface area contributed by atoms with E-state index in [-0.39, 0.29) is 11.9 Å². The maximum absolute atomic E-state index is 12.0. The minimum Gasteiger partial charge on any atom is -0.334 e. The Morgan fingerprint density at radius 1 is 1.62 bits per heavy atom. The van der Waals surface area contributed by atoms with Crippen LogP contribution in [-0.2, 0) is 0 Å². The topological polar surface area (TPSA) is 49.0 Å². The molecule has 84 valence electrons. The second kappa shape index (κ2) is 4.49. The predicted molar refractivity (Wildman–Crippen MR) is 63.4 cm³/mol. The van der Waals surface area contributed by atoms with Gasteiger partial charge < -0.3 is 4.90 Å². The van der Waals surface area contributed by atoms with Crippen molar-refractivity contribution in [3.63, 3.8) is 0 Å². The number of thiophene rings is 1. The van der Waals surface area contributed by atoms with Gasteiger partial charge in [-0.05, 0) is 18.4 Å². The van der Waals surface area contributed by atoms with E-state index in [0.29, 0.717) is 5.56 Å². The SMILES string of the molecule is CC(c1cccs1)N(C)C(=O)c1cn[nH]c1. The van der Waals surface area contributed by atoms with Gasteiger partial charge in [-0.1, -0.05) is 6.07 Å². The average molecular weight is 235 g/mol. The maximum atomic E-state index is 12.0. The quantitative estimate of drug-likeness (QED) is 0.887. The van der Waals surface area contributed by atoms with Gasteiger partial charge in [-0.3, -0.25) is 9.89 Å². The standard InChI is InChI=1S/C11H13N3OS/c1-8(10-4-3-5-16-10)14(2)11(15)9-6-12-13-7-9/h3-8H,1-2H3,(H,12,13). The highest BCUT2D eigenvalue weighted by molar-refractivity contribution is 7.10. The number of aromatic amines is 1. The predicted octanol–water partition coefficient (Wildman–Crippen LogP) is 2.30. The maximum Gasteiger partial charge on any atom is 0.257 e. The van der Waals surface area contributed by atoms with Gasteiger partial charge in [-0.25, -0.2) is 0 Å². The molecular formula is C11H13N3OS. The van der Waals surface area contributed by atoms with Crippen molar-refractivity contribution in [1.29, 1.82) is 0 Å². The summed E-state index contributed by atoms with van der Waals surface area (Å²) in [5.41, 5.74) is 0.589. The minimum atomic E-state index is -0.0188. The summed E-state index contributed by atoms with van der Waals surface area (Å²) in [4.78, 5) is 14.9. The van der Waals surface area contributed by atoms with E-state index in [1.165, 1.54) is 4.88 Å². The molecule has 2 aromatic rings. The van der Waals surface area contributed by atoms with Crippen molar-refractivity contribution in [3.05, 3.63) is 40.3 Å². The van der Waals surface area contributed by atoms with E-state index in [1.54, 1.807) is 35.7 Å². The molecule has 0 saturated heterocycles. The van der Waals surface area contributed by atoms with E-state index < -0.39 is 0 Å². The van der Waals surface area contributed by atoms with Gasteiger partial charge in [0.15, 0.2) is 0 Å². The molecule has 16 heavy (non-hydrogen) atoms. The van der Waals surface area contributed by atoms with Crippen molar-refractivity contribution in [2.24, 2.45) is 0 Å². The highest BCUT2D eigenvalue weighted by Crippen LogP contribution is 2.24. The Balaban J connectivity index is 2.14. The Morgan fingerprint density at radius 3 is 3.00 bits per heavy atom. The molecule has 5 heteroatoms. The molecule has 1 amide bonds. The number of nitrogens with one attached hydrogen (secondary N) is 1. The van der Waals surface area contributed by atoms with Gasteiger partial charge in [0.2, 0.25) is 0 Å². The number of nitrogens with zero attached hydrogens (tertiary/aromatic N) is 2. The van der Waals surface area contributed by atoms with Crippen LogP contribution in [0.25, 0.3) is 0 Å². The number of H-pyrrole nitrogens is 1. The van der Waals surface area contributed by atoms with Gasteiger partial charge in [0.25, 0.3) is 5.91 Å². The summed E-state index contributed by atoms with van der Waals surface area (Å²) in [5, 5.41) is 8.44. The van der Waals surface area contributed by atoms with Crippen LogP contribution in [0.3, 0.4) is 0 Å². The Hall–Kier alpha value is -1.62. The molecule has 2 aromatic heterocycles. The van der Waals surface area contributed by atoms with Crippen molar-refractivity contribution < 1.29 is 4.79 Å². The van der Waals surface area contributed by atoms with Gasteiger partial charge in [-0.2, -0.15) is 5.10 Å². The van der Waals surface area contributed by atoms with Crippen LogP contribution in [0.1, 0.15) is 28.2 Å². The van der Waals surface area contributed by atoms with Crippen molar-refractivity contribution in [2.75, 3.05) is 7.05 Å².